The van der Waals surface area contributed by atoms with Gasteiger partial charge in [-0.1, -0.05) is 35.5 Å². The molecule has 0 radical (unpaired) electrons. The van der Waals surface area contributed by atoms with Crippen LogP contribution in [0.2, 0.25) is 0 Å². The van der Waals surface area contributed by atoms with E-state index in [-0.39, 0.29) is 5.82 Å². The van der Waals surface area contributed by atoms with Gasteiger partial charge in [-0.15, -0.1) is 0 Å². The van der Waals surface area contributed by atoms with E-state index >= 15 is 0 Å². The van der Waals surface area contributed by atoms with Crippen molar-refractivity contribution in [1.29, 1.82) is 0 Å². The first-order valence-corrected chi connectivity index (χ1v) is 11.0. The third-order valence-electron chi connectivity index (χ3n) is 4.85. The van der Waals surface area contributed by atoms with Crippen molar-refractivity contribution < 1.29 is 17.3 Å². The molecule has 156 valence electrons. The van der Waals surface area contributed by atoms with Crippen molar-refractivity contribution >= 4 is 16.1 Å². The molecule has 9 heteroatoms. The summed E-state index contributed by atoms with van der Waals surface area (Å²) in [6, 6.07) is 15.2. The van der Waals surface area contributed by atoms with Crippen molar-refractivity contribution in [3.8, 4) is 11.5 Å². The summed E-state index contributed by atoms with van der Waals surface area (Å²) in [5, 5.41) is 5.23. The molecule has 0 spiro atoms. The van der Waals surface area contributed by atoms with E-state index in [1.54, 1.807) is 18.2 Å². The second-order valence-corrected chi connectivity index (χ2v) is 8.77. The molecule has 3 aromatic rings. The van der Waals surface area contributed by atoms with Gasteiger partial charge in [0.15, 0.2) is 5.82 Å². The van der Waals surface area contributed by atoms with E-state index in [0.717, 1.165) is 5.56 Å². The Morgan fingerprint density at radius 1 is 1.00 bits per heavy atom. The molecule has 0 amide bonds. The van der Waals surface area contributed by atoms with Gasteiger partial charge in [-0.2, -0.15) is 9.29 Å². The zero-order valence-corrected chi connectivity index (χ0v) is 17.0. The van der Waals surface area contributed by atoms with Crippen LogP contribution in [0.15, 0.2) is 64.5 Å². The topological polar surface area (TPSA) is 79.5 Å². The highest BCUT2D eigenvalue weighted by Gasteiger charge is 2.25. The number of sulfonamides is 1. The first-order chi connectivity index (χ1) is 14.5. The number of halogens is 1. The Morgan fingerprint density at radius 3 is 2.40 bits per heavy atom. The Labute approximate surface area is 174 Å². The van der Waals surface area contributed by atoms with Crippen LogP contribution < -0.4 is 0 Å². The number of aromatic nitrogens is 2. The van der Waals surface area contributed by atoms with Crippen LogP contribution >= 0.6 is 0 Å². The lowest BCUT2D eigenvalue weighted by Gasteiger charge is -2.32. The van der Waals surface area contributed by atoms with Gasteiger partial charge < -0.3 is 4.52 Å². The van der Waals surface area contributed by atoms with Crippen molar-refractivity contribution in [2.45, 2.75) is 6.54 Å². The number of piperazine rings is 1. The fourth-order valence-electron chi connectivity index (χ4n) is 3.18. The largest absolute Gasteiger partial charge is 0.334 e. The van der Waals surface area contributed by atoms with Gasteiger partial charge in [0, 0.05) is 37.2 Å². The third kappa shape index (κ3) is 4.99. The van der Waals surface area contributed by atoms with Crippen LogP contribution in [0.25, 0.3) is 17.5 Å². The second kappa shape index (κ2) is 8.86. The lowest BCUT2D eigenvalue weighted by atomic mass is 10.2. The predicted octanol–water partition coefficient (Wildman–Crippen LogP) is 2.99. The van der Waals surface area contributed by atoms with Crippen molar-refractivity contribution in [2.24, 2.45) is 0 Å². The number of nitrogens with zero attached hydrogens (tertiary/aromatic N) is 4. The smallest absolute Gasteiger partial charge is 0.257 e. The fraction of sp³-hybridized carbons (Fsp3) is 0.238. The van der Waals surface area contributed by atoms with Gasteiger partial charge in [-0.05, 0) is 35.9 Å². The molecule has 1 saturated heterocycles. The molecular weight excluding hydrogens is 407 g/mol. The van der Waals surface area contributed by atoms with Crippen molar-refractivity contribution in [1.82, 2.24) is 19.3 Å². The molecule has 0 aliphatic carbocycles. The lowest BCUT2D eigenvalue weighted by Crippen LogP contribution is -2.47. The van der Waals surface area contributed by atoms with E-state index in [4.69, 9.17) is 4.52 Å². The van der Waals surface area contributed by atoms with Gasteiger partial charge in [-0.3, -0.25) is 4.90 Å². The fourth-order valence-corrected chi connectivity index (χ4v) is 4.36. The molecule has 0 saturated carbocycles. The summed E-state index contributed by atoms with van der Waals surface area (Å²) in [7, 11) is -3.47. The Morgan fingerprint density at radius 2 is 1.70 bits per heavy atom. The number of rotatable bonds is 6. The minimum atomic E-state index is -3.47. The second-order valence-electron chi connectivity index (χ2n) is 6.96. The van der Waals surface area contributed by atoms with Crippen LogP contribution in [-0.2, 0) is 16.6 Å². The van der Waals surface area contributed by atoms with Crippen LogP contribution in [0, 0.1) is 5.82 Å². The molecule has 4 rings (SSSR count). The van der Waals surface area contributed by atoms with E-state index in [0.29, 0.717) is 50.0 Å². The van der Waals surface area contributed by atoms with Crippen LogP contribution in [0.3, 0.4) is 0 Å². The van der Waals surface area contributed by atoms with E-state index in [9.17, 15) is 12.8 Å². The zero-order chi connectivity index (χ0) is 21.0. The molecule has 2 heterocycles. The summed E-state index contributed by atoms with van der Waals surface area (Å²) in [6.45, 7) is 2.38. The maximum atomic E-state index is 13.0. The summed E-state index contributed by atoms with van der Waals surface area (Å²) in [5.41, 5.74) is 1.49. The average molecular weight is 428 g/mol. The van der Waals surface area contributed by atoms with Gasteiger partial charge in [0.05, 0.1) is 6.54 Å². The first kappa shape index (κ1) is 20.4. The third-order valence-corrected chi connectivity index (χ3v) is 6.41. The molecule has 1 aliphatic rings. The monoisotopic (exact) mass is 428 g/mol. The van der Waals surface area contributed by atoms with Crippen LogP contribution in [0.1, 0.15) is 11.4 Å². The van der Waals surface area contributed by atoms with Crippen LogP contribution in [0.4, 0.5) is 4.39 Å². The van der Waals surface area contributed by atoms with Crippen LogP contribution in [-0.4, -0.2) is 53.9 Å². The molecule has 1 aliphatic heterocycles. The molecule has 0 bridgehead atoms. The van der Waals surface area contributed by atoms with E-state index < -0.39 is 10.0 Å². The number of benzene rings is 2. The van der Waals surface area contributed by atoms with Gasteiger partial charge in [0.1, 0.15) is 5.82 Å². The van der Waals surface area contributed by atoms with E-state index in [2.05, 4.69) is 15.0 Å². The highest BCUT2D eigenvalue weighted by molar-refractivity contribution is 7.92. The molecule has 7 nitrogen and oxygen atoms in total. The standard InChI is InChI=1S/C21H21FN4O3S/c22-19-8-6-18(7-9-19)21-23-20(24-29-21)16-25-11-13-26(14-12-25)30(27,28)15-10-17-4-2-1-3-5-17/h1-10,15H,11-14,16H2/b15-10+. The normalized spacial score (nSPS) is 16.3. The summed E-state index contributed by atoms with van der Waals surface area (Å²) in [4.78, 5) is 6.43. The van der Waals surface area contributed by atoms with Gasteiger partial charge in [0.25, 0.3) is 5.89 Å². The summed E-state index contributed by atoms with van der Waals surface area (Å²) in [5.74, 6) is 0.511. The maximum Gasteiger partial charge on any atom is 0.257 e. The highest BCUT2D eigenvalue weighted by Crippen LogP contribution is 2.18. The Bertz CT molecular complexity index is 1110. The van der Waals surface area contributed by atoms with Crippen molar-refractivity contribution in [2.75, 3.05) is 26.2 Å². The summed E-state index contributed by atoms with van der Waals surface area (Å²) < 4.78 is 44.9. The predicted molar refractivity (Wildman–Crippen MR) is 111 cm³/mol. The Hall–Kier alpha value is -2.88. The van der Waals surface area contributed by atoms with E-state index in [1.165, 1.54) is 21.8 Å². The molecule has 0 N–H and O–H groups in total. The average Bonchev–Trinajstić information content (AvgIpc) is 3.22. The van der Waals surface area contributed by atoms with Gasteiger partial charge in [-0.25, -0.2) is 12.8 Å². The minimum Gasteiger partial charge on any atom is -0.334 e. The molecule has 0 unspecified atom stereocenters. The van der Waals surface area contributed by atoms with Gasteiger partial charge in [0.2, 0.25) is 10.0 Å². The quantitative estimate of drug-likeness (QED) is 0.601. The summed E-state index contributed by atoms with van der Waals surface area (Å²) in [6.07, 6.45) is 1.61. The zero-order valence-electron chi connectivity index (χ0n) is 16.2. The van der Waals surface area contributed by atoms with Gasteiger partial charge >= 0.3 is 0 Å². The van der Waals surface area contributed by atoms with E-state index in [1.807, 2.05) is 30.3 Å². The maximum absolute atomic E-state index is 13.0. The SMILES string of the molecule is O=S(=O)(/C=C/c1ccccc1)N1CCN(Cc2noc(-c3ccc(F)cc3)n2)CC1. The van der Waals surface area contributed by atoms with Crippen molar-refractivity contribution in [3.05, 3.63) is 77.2 Å². The Kier molecular flexibility index (Phi) is 6.03. The summed E-state index contributed by atoms with van der Waals surface area (Å²) >= 11 is 0. The molecule has 2 aromatic carbocycles. The molecule has 1 aromatic heterocycles. The Balaban J connectivity index is 1.32. The molecule has 30 heavy (non-hydrogen) atoms. The minimum absolute atomic E-state index is 0.329. The molecule has 1 fully saturated rings. The molecular formula is C21H21FN4O3S. The number of hydrogen-bond acceptors (Lipinski definition) is 6. The lowest BCUT2D eigenvalue weighted by molar-refractivity contribution is 0.177. The highest BCUT2D eigenvalue weighted by atomic mass is 32.2. The number of hydrogen-bond donors (Lipinski definition) is 0. The van der Waals surface area contributed by atoms with Crippen molar-refractivity contribution in [3.63, 3.8) is 0 Å². The van der Waals surface area contributed by atoms with Crippen LogP contribution in [0.5, 0.6) is 0 Å². The first-order valence-electron chi connectivity index (χ1n) is 9.54. The molecule has 0 atom stereocenters.